The van der Waals surface area contributed by atoms with Crippen LogP contribution in [0.25, 0.3) is 62.3 Å². The lowest BCUT2D eigenvalue weighted by Gasteiger charge is -2.13. The summed E-state index contributed by atoms with van der Waals surface area (Å²) in [5.74, 6) is 3.29. The van der Waals surface area contributed by atoms with Crippen LogP contribution in [0.1, 0.15) is 25.3 Å². The number of aromatic nitrogens is 5. The quantitative estimate of drug-likeness (QED) is 0.210. The second-order valence-electron chi connectivity index (χ2n) is 10.6. The summed E-state index contributed by atoms with van der Waals surface area (Å²) >= 11 is 0. The van der Waals surface area contributed by atoms with E-state index in [1.54, 1.807) is 0 Å². The van der Waals surface area contributed by atoms with E-state index in [4.69, 9.17) is 19.9 Å². The summed E-state index contributed by atoms with van der Waals surface area (Å²) in [5, 5.41) is 0. The molecule has 0 amide bonds. The molecule has 0 spiro atoms. The molecule has 5 heteroatoms. The van der Waals surface area contributed by atoms with Crippen molar-refractivity contribution in [2.45, 2.75) is 19.8 Å². The van der Waals surface area contributed by atoms with Crippen molar-refractivity contribution in [3.63, 3.8) is 0 Å². The summed E-state index contributed by atoms with van der Waals surface area (Å²) in [7, 11) is 0. The van der Waals surface area contributed by atoms with Crippen molar-refractivity contribution >= 4 is 11.0 Å². The Kier molecular flexibility index (Phi) is 6.61. The van der Waals surface area contributed by atoms with Gasteiger partial charge in [-0.1, -0.05) is 105 Å². The molecule has 0 saturated heterocycles. The zero-order chi connectivity index (χ0) is 28.5. The topological polar surface area (TPSA) is 56.5 Å². The molecule has 7 aromatic rings. The molecule has 42 heavy (non-hydrogen) atoms. The minimum Gasteiger partial charge on any atom is -0.292 e. The number of benzene rings is 5. The van der Waals surface area contributed by atoms with E-state index in [1.807, 2.05) is 66.7 Å². The van der Waals surface area contributed by atoms with Crippen molar-refractivity contribution in [3.05, 3.63) is 139 Å². The lowest BCUT2D eigenvalue weighted by Crippen LogP contribution is -2.01. The van der Waals surface area contributed by atoms with Crippen LogP contribution >= 0.6 is 0 Å². The van der Waals surface area contributed by atoms with Crippen LogP contribution in [-0.4, -0.2) is 24.5 Å². The highest BCUT2D eigenvalue weighted by molar-refractivity contribution is 5.83. The Balaban J connectivity index is 1.34. The third kappa shape index (κ3) is 4.86. The van der Waals surface area contributed by atoms with Crippen molar-refractivity contribution in [1.29, 1.82) is 0 Å². The van der Waals surface area contributed by atoms with Crippen LogP contribution in [-0.2, 0) is 0 Å². The number of hydrogen-bond acceptors (Lipinski definition) is 4. The van der Waals surface area contributed by atoms with Crippen LogP contribution in [0, 0.1) is 0 Å². The molecule has 0 fully saturated rings. The van der Waals surface area contributed by atoms with E-state index < -0.39 is 0 Å². The van der Waals surface area contributed by atoms with E-state index >= 15 is 0 Å². The summed E-state index contributed by atoms with van der Waals surface area (Å²) < 4.78 is 2.23. The van der Waals surface area contributed by atoms with Crippen molar-refractivity contribution in [2.75, 3.05) is 0 Å². The minimum atomic E-state index is 0.434. The number of para-hydroxylation sites is 2. The van der Waals surface area contributed by atoms with Gasteiger partial charge in [0.2, 0.25) is 0 Å². The third-order valence-electron chi connectivity index (χ3n) is 7.46. The SMILES string of the molecule is CC(C)c1cccc(-c2nc3ccccc3n2-c2ccc(-c3nc(-c4ccccc4)nc(-c4ccccc4)n3)cc2)c1. The monoisotopic (exact) mass is 543 g/mol. The highest BCUT2D eigenvalue weighted by atomic mass is 15.1. The molecule has 0 saturated carbocycles. The van der Waals surface area contributed by atoms with Gasteiger partial charge in [0.1, 0.15) is 5.82 Å². The van der Waals surface area contributed by atoms with Gasteiger partial charge in [-0.3, -0.25) is 4.57 Å². The highest BCUT2D eigenvalue weighted by Crippen LogP contribution is 2.32. The predicted octanol–water partition coefficient (Wildman–Crippen LogP) is 9.00. The number of imidazole rings is 1. The summed E-state index contributed by atoms with van der Waals surface area (Å²) in [6, 6.07) is 45.5. The van der Waals surface area contributed by atoms with Crippen molar-refractivity contribution in [2.24, 2.45) is 0 Å². The molecule has 5 aromatic carbocycles. The van der Waals surface area contributed by atoms with Gasteiger partial charge >= 0.3 is 0 Å². The van der Waals surface area contributed by atoms with E-state index in [9.17, 15) is 0 Å². The van der Waals surface area contributed by atoms with E-state index in [1.165, 1.54) is 5.56 Å². The van der Waals surface area contributed by atoms with E-state index in [-0.39, 0.29) is 0 Å². The Morgan fingerprint density at radius 3 is 1.60 bits per heavy atom. The molecule has 0 aliphatic rings. The number of rotatable bonds is 6. The molecule has 0 unspecified atom stereocenters. The number of nitrogens with zero attached hydrogens (tertiary/aromatic N) is 5. The van der Waals surface area contributed by atoms with Crippen LogP contribution in [0.4, 0.5) is 0 Å². The lowest BCUT2D eigenvalue weighted by atomic mass is 10.0. The van der Waals surface area contributed by atoms with Crippen LogP contribution in [0.15, 0.2) is 133 Å². The largest absolute Gasteiger partial charge is 0.292 e. The molecule has 202 valence electrons. The molecule has 0 bridgehead atoms. The molecular formula is C37H29N5. The summed E-state index contributed by atoms with van der Waals surface area (Å²) in [6.45, 7) is 4.43. The minimum absolute atomic E-state index is 0.434. The van der Waals surface area contributed by atoms with Gasteiger partial charge in [-0.05, 0) is 53.9 Å². The van der Waals surface area contributed by atoms with Crippen molar-refractivity contribution in [1.82, 2.24) is 24.5 Å². The van der Waals surface area contributed by atoms with Crippen molar-refractivity contribution < 1.29 is 0 Å². The normalized spacial score (nSPS) is 11.3. The molecule has 0 radical (unpaired) electrons. The third-order valence-corrected chi connectivity index (χ3v) is 7.46. The van der Waals surface area contributed by atoms with E-state index in [0.29, 0.717) is 23.4 Å². The zero-order valence-corrected chi connectivity index (χ0v) is 23.5. The maximum atomic E-state index is 5.06. The Bertz CT molecular complexity index is 1940. The van der Waals surface area contributed by atoms with Crippen molar-refractivity contribution in [3.8, 4) is 51.2 Å². The van der Waals surface area contributed by atoms with Crippen LogP contribution < -0.4 is 0 Å². The molecule has 0 N–H and O–H groups in total. The Hall–Kier alpha value is -5.42. The first kappa shape index (κ1) is 25.5. The van der Waals surface area contributed by atoms with E-state index in [0.717, 1.165) is 44.8 Å². The van der Waals surface area contributed by atoms with Gasteiger partial charge in [-0.15, -0.1) is 0 Å². The Labute approximate surface area is 245 Å². The fourth-order valence-electron chi connectivity index (χ4n) is 5.22. The maximum absolute atomic E-state index is 5.06. The summed E-state index contributed by atoms with van der Waals surface area (Å²) in [5.41, 5.74) is 8.26. The average Bonchev–Trinajstić information content (AvgIpc) is 3.45. The van der Waals surface area contributed by atoms with E-state index in [2.05, 4.69) is 85.1 Å². The predicted molar refractivity (Wildman–Crippen MR) is 170 cm³/mol. The van der Waals surface area contributed by atoms with Gasteiger partial charge in [-0.25, -0.2) is 19.9 Å². The van der Waals surface area contributed by atoms with Gasteiger partial charge < -0.3 is 0 Å². The second-order valence-corrected chi connectivity index (χ2v) is 10.6. The van der Waals surface area contributed by atoms with Gasteiger partial charge in [0.05, 0.1) is 11.0 Å². The van der Waals surface area contributed by atoms with Crippen LogP contribution in [0.5, 0.6) is 0 Å². The number of hydrogen-bond donors (Lipinski definition) is 0. The first-order chi connectivity index (χ1) is 20.6. The number of fused-ring (bicyclic) bond motifs is 1. The summed E-state index contributed by atoms with van der Waals surface area (Å²) in [4.78, 5) is 19.7. The zero-order valence-electron chi connectivity index (χ0n) is 23.5. The molecule has 0 aliphatic heterocycles. The first-order valence-electron chi connectivity index (χ1n) is 14.2. The maximum Gasteiger partial charge on any atom is 0.164 e. The Morgan fingerprint density at radius 1 is 0.476 bits per heavy atom. The highest BCUT2D eigenvalue weighted by Gasteiger charge is 2.16. The molecule has 2 heterocycles. The fraction of sp³-hybridized carbons (Fsp3) is 0.0811. The smallest absolute Gasteiger partial charge is 0.164 e. The molecular weight excluding hydrogens is 514 g/mol. The molecule has 5 nitrogen and oxygen atoms in total. The van der Waals surface area contributed by atoms with Gasteiger partial charge in [0, 0.05) is 27.9 Å². The first-order valence-corrected chi connectivity index (χ1v) is 14.2. The molecule has 0 atom stereocenters. The average molecular weight is 544 g/mol. The molecule has 7 rings (SSSR count). The fourth-order valence-corrected chi connectivity index (χ4v) is 5.22. The lowest BCUT2D eigenvalue weighted by molar-refractivity contribution is 0.866. The van der Waals surface area contributed by atoms with Crippen LogP contribution in [0.2, 0.25) is 0 Å². The van der Waals surface area contributed by atoms with Gasteiger partial charge in [0.25, 0.3) is 0 Å². The van der Waals surface area contributed by atoms with Gasteiger partial charge in [0.15, 0.2) is 17.5 Å². The standard InChI is InChI=1S/C37H29N5/c1-25(2)29-16-11-17-30(24-29)37-38-32-18-9-10-19-33(32)42(37)31-22-20-28(21-23-31)36-40-34(26-12-5-3-6-13-26)39-35(41-36)27-14-7-4-8-15-27/h3-25H,1-2H3. The second kappa shape index (κ2) is 10.9. The molecule has 2 aromatic heterocycles. The Morgan fingerprint density at radius 2 is 1.00 bits per heavy atom. The summed E-state index contributed by atoms with van der Waals surface area (Å²) in [6.07, 6.45) is 0. The molecule has 0 aliphatic carbocycles. The van der Waals surface area contributed by atoms with Crippen LogP contribution in [0.3, 0.4) is 0 Å². The van der Waals surface area contributed by atoms with Gasteiger partial charge in [-0.2, -0.15) is 0 Å².